The lowest BCUT2D eigenvalue weighted by atomic mass is 9.80. The number of imide groups is 2. The fourth-order valence-electron chi connectivity index (χ4n) is 15.6. The van der Waals surface area contributed by atoms with Gasteiger partial charge in [0.25, 0.3) is 11.8 Å². The number of carbonyl (C=O) groups excluding carboxylic acids is 13. The molecule has 8 fully saturated rings. The molecule has 0 aromatic rings. The van der Waals surface area contributed by atoms with Gasteiger partial charge in [-0.2, -0.15) is 0 Å². The van der Waals surface area contributed by atoms with Gasteiger partial charge in [-0.15, -0.1) is 13.2 Å². The van der Waals surface area contributed by atoms with Gasteiger partial charge < -0.3 is 57.4 Å². The Labute approximate surface area is 619 Å². The normalized spacial score (nSPS) is 24.9. The second-order valence-corrected chi connectivity index (χ2v) is 36.5. The van der Waals surface area contributed by atoms with Crippen molar-refractivity contribution in [2.24, 2.45) is 68.0 Å². The van der Waals surface area contributed by atoms with Crippen LogP contribution in [0.25, 0.3) is 0 Å². The Hall–Kier alpha value is -7.25. The molecule has 8 aliphatic rings. The number of ketones is 1. The van der Waals surface area contributed by atoms with Gasteiger partial charge in [0.2, 0.25) is 53.0 Å². The van der Waals surface area contributed by atoms with Gasteiger partial charge in [0.1, 0.15) is 24.2 Å². The number of urea groups is 2. The van der Waals surface area contributed by atoms with Crippen molar-refractivity contribution in [2.75, 3.05) is 39.3 Å². The summed E-state index contributed by atoms with van der Waals surface area (Å²) in [6.45, 7) is 38.3. The van der Waals surface area contributed by atoms with Crippen LogP contribution in [0.2, 0.25) is 0 Å². The van der Waals surface area contributed by atoms with E-state index in [1.54, 1.807) is 9.80 Å². The number of aliphatic hydroxyl groups is 1. The number of carbonyl (C=O) groups is 13. The summed E-state index contributed by atoms with van der Waals surface area (Å²) >= 11 is 0. The molecule has 0 aromatic heterocycles. The van der Waals surface area contributed by atoms with Gasteiger partial charge >= 0.3 is 12.1 Å². The monoisotopic (exact) mass is 1460 g/mol. The molecule has 0 aromatic carbocycles. The largest absolute Gasteiger partial charge is 0.381 e. The molecule has 9 N–H and O–H groups in total. The van der Waals surface area contributed by atoms with Gasteiger partial charge in [0.15, 0.2) is 6.10 Å². The van der Waals surface area contributed by atoms with Gasteiger partial charge in [0, 0.05) is 65.0 Å². The number of nitrogens with one attached hydrogen (secondary N) is 8. The number of Topliss-reactive ketones (excluding diaryl/α,β-unsaturated/α-hetero) is 1. The zero-order valence-electron chi connectivity index (χ0n) is 63.8. The zero-order chi connectivity index (χ0) is 76.1. The third-order valence-corrected chi connectivity index (χ3v) is 22.0. The summed E-state index contributed by atoms with van der Waals surface area (Å²) in [5.41, 5.74) is -3.44. The van der Waals surface area contributed by atoms with E-state index >= 15 is 0 Å². The Morgan fingerprint density at radius 2 is 0.865 bits per heavy atom. The SMILES string of the molecule is C.C.C=CCNC(=O)C(=O)C(CC1CC1)NC(=O)[C@@H]1[C@H]2CCC[C@H]2CN1C(=O)[C@@H](NC(=O)N[C@H](CN1C(=O)CC(C)(C)CC1=O)C(C)(C)C)C(C)(C)C.C=CCNC(=O)C(O)C(CC1CC1)NC(=O)[C@@H]1[C@H]2CCC[C@H]2CN1C(=O)[C@@H](NC(=O)N[C@H](CN1C(=O)CC(C)(C)CC1=O)C(C)(C)C)C(C)(C)C. The maximum absolute atomic E-state index is 14.5. The van der Waals surface area contributed by atoms with Crippen LogP contribution in [-0.4, -0.2) is 195 Å². The van der Waals surface area contributed by atoms with E-state index < -0.39 is 134 Å². The molecule has 26 nitrogen and oxygen atoms in total. The van der Waals surface area contributed by atoms with Crippen LogP contribution in [0.15, 0.2) is 25.3 Å². The Bertz CT molecular complexity index is 3150. The average Bonchev–Trinajstić information content (AvgIpc) is 1.59. The number of rotatable bonds is 26. The van der Waals surface area contributed by atoms with E-state index in [2.05, 4.69) is 55.7 Å². The first kappa shape index (κ1) is 87.4. The van der Waals surface area contributed by atoms with Crippen LogP contribution < -0.4 is 42.5 Å². The van der Waals surface area contributed by atoms with E-state index in [1.165, 1.54) is 22.0 Å². The average molecular weight is 1460 g/mol. The lowest BCUT2D eigenvalue weighted by Gasteiger charge is -2.40. The quantitative estimate of drug-likeness (QED) is 0.0235. The third-order valence-electron chi connectivity index (χ3n) is 22.0. The van der Waals surface area contributed by atoms with E-state index in [-0.39, 0.29) is 126 Å². The first-order valence-corrected chi connectivity index (χ1v) is 37.3. The summed E-state index contributed by atoms with van der Waals surface area (Å²) in [5.74, 6) is -4.26. The van der Waals surface area contributed by atoms with E-state index in [0.717, 1.165) is 64.2 Å². The highest BCUT2D eigenvalue weighted by Crippen LogP contribution is 2.46. The minimum absolute atomic E-state index is 0. The van der Waals surface area contributed by atoms with Crippen LogP contribution in [0.4, 0.5) is 9.59 Å². The van der Waals surface area contributed by atoms with E-state index in [4.69, 9.17) is 0 Å². The number of fused-ring (bicyclic) bond motifs is 2. The van der Waals surface area contributed by atoms with Crippen LogP contribution >= 0.6 is 0 Å². The topological polar surface area (TPSA) is 351 Å². The second kappa shape index (κ2) is 35.0. The number of hydrogen-bond acceptors (Lipinski definition) is 14. The second-order valence-electron chi connectivity index (χ2n) is 36.5. The van der Waals surface area contributed by atoms with Crippen molar-refractivity contribution in [3.8, 4) is 0 Å². The third kappa shape index (κ3) is 22.9. The van der Waals surface area contributed by atoms with Crippen LogP contribution in [-0.2, 0) is 52.7 Å². The Kier molecular flexibility index (Phi) is 29.4. The maximum Gasteiger partial charge on any atom is 0.315 e. The van der Waals surface area contributed by atoms with Crippen molar-refractivity contribution in [1.82, 2.24) is 62.1 Å². The first-order chi connectivity index (χ1) is 47.2. The highest BCUT2D eigenvalue weighted by molar-refractivity contribution is 6.38. The number of aliphatic hydroxyl groups excluding tert-OH is 1. The summed E-state index contributed by atoms with van der Waals surface area (Å²) < 4.78 is 0. The van der Waals surface area contributed by atoms with Gasteiger partial charge in [-0.05, 0) is 107 Å². The van der Waals surface area contributed by atoms with E-state index in [0.29, 0.717) is 31.8 Å². The maximum atomic E-state index is 14.5. The minimum atomic E-state index is -1.45. The molecule has 0 spiro atoms. The molecule has 0 radical (unpaired) electrons. The van der Waals surface area contributed by atoms with Gasteiger partial charge in [-0.25, -0.2) is 9.59 Å². The number of nitrogens with zero attached hydrogens (tertiary/aromatic N) is 4. The predicted molar refractivity (Wildman–Crippen MR) is 398 cm³/mol. The van der Waals surface area contributed by atoms with Crippen LogP contribution in [0.1, 0.15) is 228 Å². The smallest absolute Gasteiger partial charge is 0.315 e. The van der Waals surface area contributed by atoms with Crippen molar-refractivity contribution in [2.45, 2.75) is 283 Å². The highest BCUT2D eigenvalue weighted by Gasteiger charge is 2.55. The predicted octanol–water partition coefficient (Wildman–Crippen LogP) is 7.21. The van der Waals surface area contributed by atoms with E-state index in [9.17, 15) is 67.4 Å². The summed E-state index contributed by atoms with van der Waals surface area (Å²) in [7, 11) is 0. The molecular weight excluding hydrogens is 1330 g/mol. The Morgan fingerprint density at radius 1 is 0.500 bits per heavy atom. The summed E-state index contributed by atoms with van der Waals surface area (Å²) in [6.07, 6.45) is 12.2. The van der Waals surface area contributed by atoms with Crippen molar-refractivity contribution in [3.05, 3.63) is 25.3 Å². The minimum Gasteiger partial charge on any atom is -0.381 e. The van der Waals surface area contributed by atoms with Crippen LogP contribution in [0.5, 0.6) is 0 Å². The zero-order valence-corrected chi connectivity index (χ0v) is 63.8. The molecule has 26 heteroatoms. The molecule has 14 amide bonds. The van der Waals surface area contributed by atoms with Crippen molar-refractivity contribution < 1.29 is 67.4 Å². The number of piperidine rings is 2. The van der Waals surface area contributed by atoms with Crippen molar-refractivity contribution in [3.63, 3.8) is 0 Å². The first-order valence-electron chi connectivity index (χ1n) is 37.3. The van der Waals surface area contributed by atoms with Crippen molar-refractivity contribution >= 4 is 76.9 Å². The van der Waals surface area contributed by atoms with Crippen LogP contribution in [0.3, 0.4) is 0 Å². The molecule has 4 aliphatic heterocycles. The van der Waals surface area contributed by atoms with Crippen molar-refractivity contribution in [1.29, 1.82) is 0 Å². The Balaban J connectivity index is 0.000000367. The standard InChI is InChI=1S/C38H62N6O7.C38H60N6O7.2CH4/c2*1-10-16-39-33(49)30(47)25(17-22-14-15-22)40-32(48)29-24-13-11-12-23(24)20-44(29)34(50)31(37(5,6)7)42-35(51)41-26(36(2,3)4)21-43-27(45)18-38(8,9)19-28(43)46;;/h10,22-26,29-31,47H,1,11-21H2,2-9H3,(H,39,49)(H,40,48)(H2,41,42,51);10,22-26,29,31H,1,11-21H2,2-9H3,(H,39,49)(H,40,48)(H2,41,42,51);2*1H4/t23-,24-,25?,26+,29-,30?,31+;23-,24-,25?,26+,29-,31+;;/m00../s1. The highest BCUT2D eigenvalue weighted by atomic mass is 16.3. The van der Waals surface area contributed by atoms with E-state index in [1.807, 2.05) is 111 Å². The molecule has 8 rings (SSSR count). The lowest BCUT2D eigenvalue weighted by Crippen LogP contribution is -2.63. The lowest BCUT2D eigenvalue weighted by molar-refractivity contribution is -0.155. The fraction of sp³-hybridized carbons (Fsp3) is 0.782. The van der Waals surface area contributed by atoms with Crippen LogP contribution in [0, 0.1) is 68.0 Å². The molecule has 4 aliphatic carbocycles. The summed E-state index contributed by atoms with van der Waals surface area (Å²) in [4.78, 5) is 181. The fourth-order valence-corrected chi connectivity index (χ4v) is 15.6. The molecule has 3 unspecified atom stereocenters. The molecule has 13 atom stereocenters. The molecule has 4 saturated heterocycles. The molecule has 0 bridgehead atoms. The van der Waals surface area contributed by atoms with Gasteiger partial charge in [0.05, 0.1) is 24.2 Å². The molecule has 104 heavy (non-hydrogen) atoms. The molecular formula is C78H130N12O14. The molecule has 4 saturated carbocycles. The number of hydrogen-bond donors (Lipinski definition) is 9. The molecule has 4 heterocycles. The number of likely N-dealkylation sites (tertiary alicyclic amines) is 4. The number of amides is 14. The van der Waals surface area contributed by atoms with Gasteiger partial charge in [-0.3, -0.25) is 62.5 Å². The summed E-state index contributed by atoms with van der Waals surface area (Å²) in [5, 5.41) is 33.6. The summed E-state index contributed by atoms with van der Waals surface area (Å²) in [6, 6.07) is -7.98. The molecule has 586 valence electrons. The Morgan fingerprint density at radius 3 is 1.22 bits per heavy atom. The van der Waals surface area contributed by atoms with Gasteiger partial charge in [-0.1, -0.05) is 176 Å².